The Morgan fingerprint density at radius 2 is 1.88 bits per heavy atom. The smallest absolute Gasteiger partial charge is 0.241 e. The van der Waals surface area contributed by atoms with Crippen LogP contribution in [0, 0.1) is 0 Å². The molecule has 3 nitrogen and oxygen atoms in total. The topological polar surface area (TPSA) is 55.1 Å². The Morgan fingerprint density at radius 3 is 2.31 bits per heavy atom. The monoisotopic (exact) mass is 412 g/mol. The summed E-state index contributed by atoms with van der Waals surface area (Å²) >= 11 is 10.1. The van der Waals surface area contributed by atoms with E-state index >= 15 is 0 Å². The van der Waals surface area contributed by atoms with Crippen molar-refractivity contribution in [2.24, 2.45) is 5.73 Å². The zero-order chi connectivity index (χ0) is 12.3. The molecule has 1 rings (SSSR count). The molecule has 0 bridgehead atoms. The van der Waals surface area contributed by atoms with Gasteiger partial charge in [0.15, 0.2) is 0 Å². The summed E-state index contributed by atoms with van der Waals surface area (Å²) in [6, 6.07) is 3.23. The van der Waals surface area contributed by atoms with E-state index in [9.17, 15) is 4.79 Å². The molecule has 0 spiro atoms. The Hall–Kier alpha value is 0.0900. The first kappa shape index (κ1) is 14.2. The van der Waals surface area contributed by atoms with Crippen molar-refractivity contribution in [2.75, 3.05) is 5.32 Å². The third-order valence-electron chi connectivity index (χ3n) is 2.03. The van der Waals surface area contributed by atoms with Crippen LogP contribution in [0.1, 0.15) is 13.3 Å². The fraction of sp³-hybridized carbons (Fsp3) is 0.300. The first-order valence-corrected chi connectivity index (χ1v) is 7.04. The van der Waals surface area contributed by atoms with Gasteiger partial charge in [0.05, 0.1) is 11.7 Å². The molecule has 3 N–H and O–H groups in total. The predicted molar refractivity (Wildman–Crippen MR) is 76.4 cm³/mol. The first-order valence-electron chi connectivity index (χ1n) is 4.66. The van der Waals surface area contributed by atoms with E-state index in [1.807, 2.05) is 19.1 Å². The van der Waals surface area contributed by atoms with Gasteiger partial charge in [-0.3, -0.25) is 4.79 Å². The van der Waals surface area contributed by atoms with Crippen molar-refractivity contribution in [1.82, 2.24) is 0 Å². The van der Waals surface area contributed by atoms with Crippen LogP contribution in [0.5, 0.6) is 0 Å². The molecule has 0 radical (unpaired) electrons. The van der Waals surface area contributed by atoms with E-state index in [2.05, 4.69) is 53.1 Å². The minimum absolute atomic E-state index is 0.189. The van der Waals surface area contributed by atoms with Crippen LogP contribution in [0.25, 0.3) is 0 Å². The second-order valence-corrected chi connectivity index (χ2v) is 5.87. The van der Waals surface area contributed by atoms with E-state index in [0.29, 0.717) is 12.1 Å². The lowest BCUT2D eigenvalue weighted by atomic mass is 10.2. The summed E-state index contributed by atoms with van der Waals surface area (Å²) in [5.41, 5.74) is 6.33. The standard InChI is InChI=1S/C10H11Br3N2O/c1-2-8(14)10(16)15-9-6(12)3-5(11)4-7(9)13/h3-4,8H,2,14H2,1H3,(H,15,16)/t8-/m1/s1. The molecule has 0 aliphatic carbocycles. The van der Waals surface area contributed by atoms with Crippen molar-refractivity contribution in [3.8, 4) is 0 Å². The number of hydrogen-bond acceptors (Lipinski definition) is 2. The Morgan fingerprint density at radius 1 is 1.38 bits per heavy atom. The maximum absolute atomic E-state index is 11.6. The van der Waals surface area contributed by atoms with Gasteiger partial charge < -0.3 is 11.1 Å². The Labute approximate surface area is 120 Å². The van der Waals surface area contributed by atoms with Crippen LogP contribution in [0.2, 0.25) is 0 Å². The fourth-order valence-electron chi connectivity index (χ4n) is 1.06. The van der Waals surface area contributed by atoms with Crippen LogP contribution in [-0.4, -0.2) is 11.9 Å². The van der Waals surface area contributed by atoms with Crippen molar-refractivity contribution < 1.29 is 4.79 Å². The molecular weight excluding hydrogens is 404 g/mol. The number of benzene rings is 1. The average Bonchev–Trinajstić information content (AvgIpc) is 2.21. The van der Waals surface area contributed by atoms with E-state index in [1.54, 1.807) is 0 Å². The van der Waals surface area contributed by atoms with Crippen molar-refractivity contribution in [3.05, 3.63) is 25.6 Å². The molecule has 16 heavy (non-hydrogen) atoms. The number of amides is 1. The van der Waals surface area contributed by atoms with Crippen LogP contribution in [0.3, 0.4) is 0 Å². The SMILES string of the molecule is CC[C@@H](N)C(=O)Nc1c(Br)cc(Br)cc1Br. The molecule has 1 amide bonds. The Bertz CT molecular complexity index is 386. The number of halogens is 3. The van der Waals surface area contributed by atoms with Gasteiger partial charge in [-0.05, 0) is 50.4 Å². The minimum atomic E-state index is -0.484. The van der Waals surface area contributed by atoms with Gasteiger partial charge in [-0.15, -0.1) is 0 Å². The first-order chi connectivity index (χ1) is 7.45. The van der Waals surface area contributed by atoms with Gasteiger partial charge in [-0.25, -0.2) is 0 Å². The van der Waals surface area contributed by atoms with Gasteiger partial charge in [0.2, 0.25) is 5.91 Å². The fourth-order valence-corrected chi connectivity index (χ4v) is 3.52. The summed E-state index contributed by atoms with van der Waals surface area (Å²) in [7, 11) is 0. The lowest BCUT2D eigenvalue weighted by Crippen LogP contribution is -2.35. The maximum atomic E-state index is 11.6. The van der Waals surface area contributed by atoms with Gasteiger partial charge in [0, 0.05) is 13.4 Å². The number of nitrogens with one attached hydrogen (secondary N) is 1. The second-order valence-electron chi connectivity index (χ2n) is 3.25. The highest BCUT2D eigenvalue weighted by atomic mass is 79.9. The van der Waals surface area contributed by atoms with Crippen LogP contribution < -0.4 is 11.1 Å². The lowest BCUT2D eigenvalue weighted by molar-refractivity contribution is -0.117. The summed E-state index contributed by atoms with van der Waals surface area (Å²) in [5.74, 6) is -0.189. The highest BCUT2D eigenvalue weighted by Crippen LogP contribution is 2.34. The molecule has 6 heteroatoms. The van der Waals surface area contributed by atoms with E-state index < -0.39 is 6.04 Å². The van der Waals surface area contributed by atoms with E-state index in [1.165, 1.54) is 0 Å². The lowest BCUT2D eigenvalue weighted by Gasteiger charge is -2.13. The van der Waals surface area contributed by atoms with Gasteiger partial charge in [-0.1, -0.05) is 22.9 Å². The van der Waals surface area contributed by atoms with Gasteiger partial charge in [-0.2, -0.15) is 0 Å². The van der Waals surface area contributed by atoms with Crippen molar-refractivity contribution in [2.45, 2.75) is 19.4 Å². The van der Waals surface area contributed by atoms with Crippen molar-refractivity contribution in [1.29, 1.82) is 0 Å². The normalized spacial score (nSPS) is 12.3. The van der Waals surface area contributed by atoms with Crippen LogP contribution in [-0.2, 0) is 4.79 Å². The van der Waals surface area contributed by atoms with Crippen molar-refractivity contribution in [3.63, 3.8) is 0 Å². The van der Waals surface area contributed by atoms with Gasteiger partial charge in [0.25, 0.3) is 0 Å². The molecule has 0 saturated heterocycles. The largest absolute Gasteiger partial charge is 0.323 e. The summed E-state index contributed by atoms with van der Waals surface area (Å²) in [5, 5.41) is 2.78. The molecule has 0 aliphatic rings. The van der Waals surface area contributed by atoms with Crippen LogP contribution >= 0.6 is 47.8 Å². The minimum Gasteiger partial charge on any atom is -0.323 e. The summed E-state index contributed by atoms with van der Waals surface area (Å²) < 4.78 is 2.51. The molecular formula is C10H11Br3N2O. The van der Waals surface area contributed by atoms with Crippen LogP contribution in [0.15, 0.2) is 25.6 Å². The van der Waals surface area contributed by atoms with E-state index in [-0.39, 0.29) is 5.91 Å². The molecule has 1 atom stereocenters. The van der Waals surface area contributed by atoms with Crippen molar-refractivity contribution >= 4 is 59.4 Å². The molecule has 0 unspecified atom stereocenters. The molecule has 88 valence electrons. The molecule has 0 aromatic heterocycles. The summed E-state index contributed by atoms with van der Waals surface area (Å²) in [4.78, 5) is 11.6. The second kappa shape index (κ2) is 6.14. The summed E-state index contributed by atoms with van der Waals surface area (Å²) in [6.07, 6.45) is 0.609. The molecule has 0 saturated carbocycles. The van der Waals surface area contributed by atoms with Crippen LogP contribution in [0.4, 0.5) is 5.69 Å². The molecule has 1 aromatic carbocycles. The number of rotatable bonds is 3. The number of nitrogens with two attached hydrogens (primary N) is 1. The summed E-state index contributed by atoms with van der Waals surface area (Å²) in [6.45, 7) is 1.87. The van der Waals surface area contributed by atoms with E-state index in [4.69, 9.17) is 5.73 Å². The zero-order valence-corrected chi connectivity index (χ0v) is 13.3. The van der Waals surface area contributed by atoms with Gasteiger partial charge >= 0.3 is 0 Å². The predicted octanol–water partition coefficient (Wildman–Crippen LogP) is 3.65. The Kier molecular flexibility index (Phi) is 5.43. The van der Waals surface area contributed by atoms with Gasteiger partial charge in [0.1, 0.15) is 0 Å². The average molecular weight is 415 g/mol. The molecule has 0 aliphatic heterocycles. The Balaban J connectivity index is 2.93. The zero-order valence-electron chi connectivity index (χ0n) is 8.56. The number of carbonyl (C=O) groups is 1. The third kappa shape index (κ3) is 3.55. The number of hydrogen-bond donors (Lipinski definition) is 2. The molecule has 0 fully saturated rings. The van der Waals surface area contributed by atoms with E-state index in [0.717, 1.165) is 13.4 Å². The third-order valence-corrected chi connectivity index (χ3v) is 3.74. The number of carbonyl (C=O) groups excluding carboxylic acids is 1. The molecule has 1 aromatic rings. The highest BCUT2D eigenvalue weighted by molar-refractivity contribution is 9.11. The molecule has 0 heterocycles. The maximum Gasteiger partial charge on any atom is 0.241 e. The quantitative estimate of drug-likeness (QED) is 0.793. The highest BCUT2D eigenvalue weighted by Gasteiger charge is 2.14. The number of anilines is 1.